The number of ether oxygens (including phenoxy) is 1. The van der Waals surface area contributed by atoms with E-state index < -0.39 is 0 Å². The highest BCUT2D eigenvalue weighted by atomic mass is 79.9. The van der Waals surface area contributed by atoms with E-state index in [0.717, 1.165) is 34.6 Å². The Balaban J connectivity index is 2.57. The molecule has 0 aliphatic carbocycles. The van der Waals surface area contributed by atoms with Gasteiger partial charge >= 0.3 is 0 Å². The van der Waals surface area contributed by atoms with Gasteiger partial charge in [0.25, 0.3) is 0 Å². The van der Waals surface area contributed by atoms with Crippen molar-refractivity contribution < 1.29 is 9.53 Å². The molecule has 17 heavy (non-hydrogen) atoms. The molecule has 0 heterocycles. The van der Waals surface area contributed by atoms with Gasteiger partial charge in [-0.05, 0) is 40.9 Å². The second-order valence-electron chi connectivity index (χ2n) is 3.77. The molecule has 4 heteroatoms. The van der Waals surface area contributed by atoms with Crippen LogP contribution in [-0.2, 0) is 0 Å². The van der Waals surface area contributed by atoms with Crippen molar-refractivity contribution in [2.45, 2.75) is 25.7 Å². The van der Waals surface area contributed by atoms with Crippen molar-refractivity contribution in [3.63, 3.8) is 0 Å². The number of carbonyl (C=O) groups is 1. The fourth-order valence-electron chi connectivity index (χ4n) is 1.53. The van der Waals surface area contributed by atoms with Gasteiger partial charge in [0.1, 0.15) is 5.75 Å². The van der Waals surface area contributed by atoms with Crippen LogP contribution in [0.15, 0.2) is 22.7 Å². The zero-order valence-electron chi connectivity index (χ0n) is 9.84. The Morgan fingerprint density at radius 3 is 2.71 bits per heavy atom. The van der Waals surface area contributed by atoms with E-state index in [4.69, 9.17) is 4.74 Å². The standard InChI is InChI=1S/C13H16Br2O2/c1-17-13-9-10(6-7-11(13)15)12(16)5-3-2-4-8-14/h6-7,9H,2-5,8H2,1H3. The van der Waals surface area contributed by atoms with Crippen LogP contribution in [0.25, 0.3) is 0 Å². The Morgan fingerprint density at radius 2 is 2.06 bits per heavy atom. The molecule has 0 aromatic heterocycles. The SMILES string of the molecule is COc1cc(C(=O)CCCCCBr)ccc1Br. The first kappa shape index (κ1) is 14.7. The molecule has 0 spiro atoms. The van der Waals surface area contributed by atoms with Gasteiger partial charge in [-0.15, -0.1) is 0 Å². The van der Waals surface area contributed by atoms with Crippen LogP contribution in [0.2, 0.25) is 0 Å². The lowest BCUT2D eigenvalue weighted by atomic mass is 10.0. The first-order chi connectivity index (χ1) is 8.19. The molecule has 0 radical (unpaired) electrons. The summed E-state index contributed by atoms with van der Waals surface area (Å²) in [7, 11) is 1.60. The lowest BCUT2D eigenvalue weighted by molar-refractivity contribution is 0.0979. The van der Waals surface area contributed by atoms with Gasteiger partial charge in [-0.2, -0.15) is 0 Å². The van der Waals surface area contributed by atoms with Crippen LogP contribution in [0.4, 0.5) is 0 Å². The number of ketones is 1. The maximum Gasteiger partial charge on any atom is 0.163 e. The van der Waals surface area contributed by atoms with E-state index in [0.29, 0.717) is 12.2 Å². The van der Waals surface area contributed by atoms with Gasteiger partial charge in [0.05, 0.1) is 11.6 Å². The van der Waals surface area contributed by atoms with Gasteiger partial charge in [-0.3, -0.25) is 4.79 Å². The molecule has 0 amide bonds. The summed E-state index contributed by atoms with van der Waals surface area (Å²) in [6.45, 7) is 0. The third-order valence-corrected chi connectivity index (χ3v) is 3.73. The first-order valence-electron chi connectivity index (χ1n) is 5.61. The number of rotatable bonds is 7. The van der Waals surface area contributed by atoms with E-state index in [1.165, 1.54) is 0 Å². The molecular formula is C13H16Br2O2. The normalized spacial score (nSPS) is 10.3. The van der Waals surface area contributed by atoms with Gasteiger partial charge in [-0.1, -0.05) is 28.4 Å². The molecule has 0 fully saturated rings. The minimum absolute atomic E-state index is 0.186. The molecule has 1 rings (SSSR count). The number of halogens is 2. The average molecular weight is 364 g/mol. The van der Waals surface area contributed by atoms with E-state index in [-0.39, 0.29) is 5.78 Å². The second-order valence-corrected chi connectivity index (χ2v) is 5.42. The van der Waals surface area contributed by atoms with Gasteiger partial charge in [0.2, 0.25) is 0 Å². The number of hydrogen-bond acceptors (Lipinski definition) is 2. The molecule has 1 aromatic carbocycles. The van der Waals surface area contributed by atoms with Crippen molar-refractivity contribution >= 4 is 37.6 Å². The topological polar surface area (TPSA) is 26.3 Å². The molecular weight excluding hydrogens is 348 g/mol. The Bertz CT molecular complexity index is 378. The number of alkyl halides is 1. The summed E-state index contributed by atoms with van der Waals surface area (Å²) in [6.07, 6.45) is 3.77. The lowest BCUT2D eigenvalue weighted by Crippen LogP contribution is -2.00. The summed E-state index contributed by atoms with van der Waals surface area (Å²) in [5, 5.41) is 1.01. The van der Waals surface area contributed by atoms with Crippen molar-refractivity contribution in [2.75, 3.05) is 12.4 Å². The van der Waals surface area contributed by atoms with Crippen molar-refractivity contribution in [1.29, 1.82) is 0 Å². The van der Waals surface area contributed by atoms with E-state index >= 15 is 0 Å². The molecule has 0 atom stereocenters. The molecule has 94 valence electrons. The molecule has 0 unspecified atom stereocenters. The zero-order chi connectivity index (χ0) is 12.7. The highest BCUT2D eigenvalue weighted by molar-refractivity contribution is 9.10. The summed E-state index contributed by atoms with van der Waals surface area (Å²) in [5.41, 5.74) is 0.726. The van der Waals surface area contributed by atoms with Crippen LogP contribution in [0.5, 0.6) is 5.75 Å². The van der Waals surface area contributed by atoms with Crippen LogP contribution in [0.1, 0.15) is 36.0 Å². The minimum Gasteiger partial charge on any atom is -0.496 e. The van der Waals surface area contributed by atoms with E-state index in [2.05, 4.69) is 31.9 Å². The van der Waals surface area contributed by atoms with Gasteiger partial charge in [-0.25, -0.2) is 0 Å². The largest absolute Gasteiger partial charge is 0.496 e. The van der Waals surface area contributed by atoms with Crippen molar-refractivity contribution in [3.05, 3.63) is 28.2 Å². The lowest BCUT2D eigenvalue weighted by Gasteiger charge is -2.06. The van der Waals surface area contributed by atoms with Gasteiger partial charge in [0.15, 0.2) is 5.78 Å². The molecule has 0 aliphatic heterocycles. The van der Waals surface area contributed by atoms with Crippen LogP contribution in [0, 0.1) is 0 Å². The Hall–Kier alpha value is -0.350. The third kappa shape index (κ3) is 4.80. The highest BCUT2D eigenvalue weighted by Gasteiger charge is 2.08. The predicted molar refractivity (Wildman–Crippen MR) is 77.3 cm³/mol. The fourth-order valence-corrected chi connectivity index (χ4v) is 2.34. The predicted octanol–water partition coefficient (Wildman–Crippen LogP) is 4.60. The summed E-state index contributed by atoms with van der Waals surface area (Å²) in [5.74, 6) is 0.890. The van der Waals surface area contributed by atoms with Crippen LogP contribution < -0.4 is 4.74 Å². The Morgan fingerprint density at radius 1 is 1.29 bits per heavy atom. The second kappa shape index (κ2) is 7.88. The van der Waals surface area contributed by atoms with Gasteiger partial charge in [0, 0.05) is 17.3 Å². The first-order valence-corrected chi connectivity index (χ1v) is 7.53. The third-order valence-electron chi connectivity index (χ3n) is 2.51. The highest BCUT2D eigenvalue weighted by Crippen LogP contribution is 2.26. The monoisotopic (exact) mass is 362 g/mol. The molecule has 0 aliphatic rings. The van der Waals surface area contributed by atoms with Crippen molar-refractivity contribution in [2.24, 2.45) is 0 Å². The molecule has 1 aromatic rings. The molecule has 0 N–H and O–H groups in total. The minimum atomic E-state index is 0.186. The maximum absolute atomic E-state index is 11.9. The van der Waals surface area contributed by atoms with E-state index in [1.54, 1.807) is 13.2 Å². The maximum atomic E-state index is 11.9. The fraction of sp³-hybridized carbons (Fsp3) is 0.462. The summed E-state index contributed by atoms with van der Waals surface area (Å²) >= 11 is 6.75. The van der Waals surface area contributed by atoms with Crippen LogP contribution >= 0.6 is 31.9 Å². The number of benzene rings is 1. The number of unbranched alkanes of at least 4 members (excludes halogenated alkanes) is 2. The van der Waals surface area contributed by atoms with Gasteiger partial charge < -0.3 is 4.74 Å². The molecule has 0 saturated heterocycles. The Labute approximate surface area is 119 Å². The van der Waals surface area contributed by atoms with Crippen LogP contribution in [-0.4, -0.2) is 18.2 Å². The number of Topliss-reactive ketones (excluding diaryl/α,β-unsaturated/α-hetero) is 1. The molecule has 2 nitrogen and oxygen atoms in total. The van der Waals surface area contributed by atoms with Crippen LogP contribution in [0.3, 0.4) is 0 Å². The van der Waals surface area contributed by atoms with Crippen molar-refractivity contribution in [1.82, 2.24) is 0 Å². The number of hydrogen-bond donors (Lipinski definition) is 0. The average Bonchev–Trinajstić information content (AvgIpc) is 2.35. The quantitative estimate of drug-likeness (QED) is 0.402. The summed E-state index contributed by atoms with van der Waals surface area (Å²) < 4.78 is 6.04. The smallest absolute Gasteiger partial charge is 0.163 e. The van der Waals surface area contributed by atoms with E-state index in [9.17, 15) is 4.79 Å². The molecule has 0 saturated carbocycles. The molecule has 0 bridgehead atoms. The Kier molecular flexibility index (Phi) is 6.82. The number of methoxy groups -OCH3 is 1. The summed E-state index contributed by atoms with van der Waals surface area (Å²) in [6, 6.07) is 5.47. The number of carbonyl (C=O) groups excluding carboxylic acids is 1. The van der Waals surface area contributed by atoms with E-state index in [1.807, 2.05) is 12.1 Å². The van der Waals surface area contributed by atoms with Crippen molar-refractivity contribution in [3.8, 4) is 5.75 Å². The summed E-state index contributed by atoms with van der Waals surface area (Å²) in [4.78, 5) is 11.9. The zero-order valence-corrected chi connectivity index (χ0v) is 13.0.